The highest BCUT2D eigenvalue weighted by atomic mass is 35.5. The molecule has 0 saturated carbocycles. The van der Waals surface area contributed by atoms with Crippen molar-refractivity contribution in [2.45, 2.75) is 18.9 Å². The number of rotatable bonds is 3. The van der Waals surface area contributed by atoms with Gasteiger partial charge in [-0.25, -0.2) is 0 Å². The summed E-state index contributed by atoms with van der Waals surface area (Å²) in [6.45, 7) is 2.12. The van der Waals surface area contributed by atoms with Crippen LogP contribution < -0.4 is 4.90 Å². The fourth-order valence-corrected chi connectivity index (χ4v) is 2.78. The Labute approximate surface area is 114 Å². The molecular weight excluding hydrogens is 246 g/mol. The van der Waals surface area contributed by atoms with Gasteiger partial charge in [0.25, 0.3) is 0 Å². The lowest BCUT2D eigenvalue weighted by molar-refractivity contribution is 0.372. The summed E-state index contributed by atoms with van der Waals surface area (Å²) in [6, 6.07) is 8.36. The van der Waals surface area contributed by atoms with Gasteiger partial charge < -0.3 is 9.80 Å². The van der Waals surface area contributed by atoms with E-state index < -0.39 is 0 Å². The van der Waals surface area contributed by atoms with Gasteiger partial charge >= 0.3 is 0 Å². The molecule has 1 saturated heterocycles. The Balaban J connectivity index is 2.20. The largest absolute Gasteiger partial charge is 0.367 e. The lowest BCUT2D eigenvalue weighted by Crippen LogP contribution is -2.37. The molecule has 96 valence electrons. The molecule has 2 rings (SSSR count). The molecule has 0 spiro atoms. The Bertz CT molecular complexity index is 465. The first-order valence-corrected chi connectivity index (χ1v) is 6.60. The normalized spacial score (nSPS) is 19.3. The molecular formula is C14H18ClN3. The zero-order valence-corrected chi connectivity index (χ0v) is 11.6. The summed E-state index contributed by atoms with van der Waals surface area (Å²) in [6.07, 6.45) is 2.44. The zero-order valence-electron chi connectivity index (χ0n) is 10.9. The second-order valence-corrected chi connectivity index (χ2v) is 5.43. The number of benzene rings is 1. The molecule has 1 aromatic carbocycles. The first-order valence-electron chi connectivity index (χ1n) is 6.23. The van der Waals surface area contributed by atoms with Gasteiger partial charge in [-0.1, -0.05) is 11.6 Å². The van der Waals surface area contributed by atoms with Gasteiger partial charge in [-0.2, -0.15) is 5.26 Å². The summed E-state index contributed by atoms with van der Waals surface area (Å²) in [4.78, 5) is 4.61. The second-order valence-electron chi connectivity index (χ2n) is 5.03. The topological polar surface area (TPSA) is 30.3 Å². The van der Waals surface area contributed by atoms with Crippen molar-refractivity contribution in [2.75, 3.05) is 32.1 Å². The minimum atomic E-state index is 0.545. The van der Waals surface area contributed by atoms with E-state index in [-0.39, 0.29) is 0 Å². The van der Waals surface area contributed by atoms with E-state index in [4.69, 9.17) is 16.9 Å². The fraction of sp³-hybridized carbons (Fsp3) is 0.500. The third kappa shape index (κ3) is 2.77. The van der Waals surface area contributed by atoms with Gasteiger partial charge in [0, 0.05) is 24.8 Å². The van der Waals surface area contributed by atoms with Crippen LogP contribution in [0.15, 0.2) is 18.2 Å². The summed E-state index contributed by atoms with van der Waals surface area (Å²) in [5.74, 6) is 0. The lowest BCUT2D eigenvalue weighted by atomic mass is 10.1. The Hall–Kier alpha value is -1.24. The van der Waals surface area contributed by atoms with Crippen LogP contribution in [-0.4, -0.2) is 38.1 Å². The number of halogens is 1. The first-order chi connectivity index (χ1) is 8.61. The van der Waals surface area contributed by atoms with Gasteiger partial charge in [0.15, 0.2) is 0 Å². The average Bonchev–Trinajstić information content (AvgIpc) is 2.76. The number of hydrogen-bond donors (Lipinski definition) is 0. The molecule has 1 aliphatic heterocycles. The maximum absolute atomic E-state index is 8.89. The summed E-state index contributed by atoms with van der Waals surface area (Å²) < 4.78 is 0. The fourth-order valence-electron chi connectivity index (χ4n) is 2.56. The SMILES string of the molecule is CN(C)CC1CCCN1c1ccc(C#N)c(Cl)c1. The Morgan fingerprint density at radius 1 is 1.50 bits per heavy atom. The summed E-state index contributed by atoms with van der Waals surface area (Å²) >= 11 is 6.10. The zero-order chi connectivity index (χ0) is 13.1. The molecule has 0 bridgehead atoms. The van der Waals surface area contributed by atoms with Crippen LogP contribution in [0.2, 0.25) is 5.02 Å². The highest BCUT2D eigenvalue weighted by molar-refractivity contribution is 6.32. The Morgan fingerprint density at radius 3 is 2.89 bits per heavy atom. The van der Waals surface area contributed by atoms with Crippen molar-refractivity contribution in [2.24, 2.45) is 0 Å². The molecule has 1 aliphatic rings. The van der Waals surface area contributed by atoms with Crippen molar-refractivity contribution in [1.82, 2.24) is 4.90 Å². The molecule has 0 amide bonds. The van der Waals surface area contributed by atoms with Gasteiger partial charge in [-0.15, -0.1) is 0 Å². The number of nitrogens with zero attached hydrogens (tertiary/aromatic N) is 3. The Kier molecular flexibility index (Phi) is 4.11. The van der Waals surface area contributed by atoms with Gasteiger partial charge in [0.2, 0.25) is 0 Å². The lowest BCUT2D eigenvalue weighted by Gasteiger charge is -2.29. The van der Waals surface area contributed by atoms with Gasteiger partial charge in [0.1, 0.15) is 6.07 Å². The van der Waals surface area contributed by atoms with Crippen LogP contribution in [0.3, 0.4) is 0 Å². The van der Waals surface area contributed by atoms with Crippen LogP contribution in [0.1, 0.15) is 18.4 Å². The molecule has 3 nitrogen and oxygen atoms in total. The molecule has 1 atom stereocenters. The number of hydrogen-bond acceptors (Lipinski definition) is 3. The van der Waals surface area contributed by atoms with E-state index >= 15 is 0 Å². The first kappa shape index (κ1) is 13.2. The van der Waals surface area contributed by atoms with E-state index in [9.17, 15) is 0 Å². The van der Waals surface area contributed by atoms with E-state index in [2.05, 4.69) is 30.0 Å². The van der Waals surface area contributed by atoms with Crippen LogP contribution in [0.25, 0.3) is 0 Å². The maximum atomic E-state index is 8.89. The van der Waals surface area contributed by atoms with Crippen molar-refractivity contribution in [3.05, 3.63) is 28.8 Å². The third-order valence-electron chi connectivity index (χ3n) is 3.36. The molecule has 0 aromatic heterocycles. The van der Waals surface area contributed by atoms with Crippen molar-refractivity contribution in [1.29, 1.82) is 5.26 Å². The highest BCUT2D eigenvalue weighted by Crippen LogP contribution is 2.29. The molecule has 1 heterocycles. The van der Waals surface area contributed by atoms with Crippen LogP contribution in [-0.2, 0) is 0 Å². The standard InChI is InChI=1S/C14H18ClN3/c1-17(2)10-13-4-3-7-18(13)12-6-5-11(9-16)14(15)8-12/h5-6,8,13H,3-4,7,10H2,1-2H3. The second kappa shape index (κ2) is 5.60. The molecule has 1 fully saturated rings. The Morgan fingerprint density at radius 2 is 2.28 bits per heavy atom. The van der Waals surface area contributed by atoms with Gasteiger partial charge in [0.05, 0.1) is 10.6 Å². The monoisotopic (exact) mass is 263 g/mol. The van der Waals surface area contributed by atoms with E-state index in [0.29, 0.717) is 16.6 Å². The minimum absolute atomic E-state index is 0.545. The van der Waals surface area contributed by atoms with Crippen LogP contribution in [0.5, 0.6) is 0 Å². The quantitative estimate of drug-likeness (QED) is 0.840. The molecule has 1 unspecified atom stereocenters. The van der Waals surface area contributed by atoms with Crippen LogP contribution in [0, 0.1) is 11.3 Å². The van der Waals surface area contributed by atoms with Crippen molar-refractivity contribution in [3.8, 4) is 6.07 Å². The predicted molar refractivity (Wildman–Crippen MR) is 75.1 cm³/mol. The number of likely N-dealkylation sites (N-methyl/N-ethyl adjacent to an activating group) is 1. The maximum Gasteiger partial charge on any atom is 0.101 e. The van der Waals surface area contributed by atoms with E-state index in [1.807, 2.05) is 18.2 Å². The molecule has 4 heteroatoms. The number of nitriles is 1. The van der Waals surface area contributed by atoms with Gasteiger partial charge in [-0.3, -0.25) is 0 Å². The predicted octanol–water partition coefficient (Wildman–Crippen LogP) is 2.74. The van der Waals surface area contributed by atoms with Crippen LogP contribution in [0.4, 0.5) is 5.69 Å². The third-order valence-corrected chi connectivity index (χ3v) is 3.67. The van der Waals surface area contributed by atoms with Crippen molar-refractivity contribution >= 4 is 17.3 Å². The molecule has 0 radical (unpaired) electrons. The van der Waals surface area contributed by atoms with Crippen molar-refractivity contribution in [3.63, 3.8) is 0 Å². The van der Waals surface area contributed by atoms with Gasteiger partial charge in [-0.05, 0) is 45.1 Å². The van der Waals surface area contributed by atoms with E-state index in [0.717, 1.165) is 18.8 Å². The summed E-state index contributed by atoms with van der Waals surface area (Å²) in [5.41, 5.74) is 1.67. The molecule has 1 aromatic rings. The average molecular weight is 264 g/mol. The van der Waals surface area contributed by atoms with E-state index in [1.54, 1.807) is 0 Å². The summed E-state index contributed by atoms with van der Waals surface area (Å²) in [5, 5.41) is 9.44. The molecule has 0 N–H and O–H groups in total. The molecule has 0 aliphatic carbocycles. The summed E-state index contributed by atoms with van der Waals surface area (Å²) in [7, 11) is 4.20. The number of anilines is 1. The van der Waals surface area contributed by atoms with E-state index in [1.165, 1.54) is 12.8 Å². The highest BCUT2D eigenvalue weighted by Gasteiger charge is 2.25. The van der Waals surface area contributed by atoms with Crippen molar-refractivity contribution < 1.29 is 0 Å². The smallest absolute Gasteiger partial charge is 0.101 e. The minimum Gasteiger partial charge on any atom is -0.367 e. The molecule has 18 heavy (non-hydrogen) atoms. The van der Waals surface area contributed by atoms with Crippen LogP contribution >= 0.6 is 11.6 Å².